The van der Waals surface area contributed by atoms with E-state index >= 15 is 0 Å². The fourth-order valence-electron chi connectivity index (χ4n) is 1.42. The number of hydrogen-bond acceptors (Lipinski definition) is 3. The molecule has 0 bridgehead atoms. The quantitative estimate of drug-likeness (QED) is 0.756. The minimum Gasteiger partial charge on any atom is -0.370 e. The van der Waals surface area contributed by atoms with Crippen molar-refractivity contribution in [2.75, 3.05) is 18.4 Å². The summed E-state index contributed by atoms with van der Waals surface area (Å²) in [6, 6.07) is 3.05. The molecular formula is C11H18FN3. The van der Waals surface area contributed by atoms with E-state index in [9.17, 15) is 4.39 Å². The molecule has 0 aromatic carbocycles. The zero-order valence-corrected chi connectivity index (χ0v) is 9.04. The number of nitrogens with one attached hydrogen (secondary N) is 1. The number of rotatable bonds is 6. The Kier molecular flexibility index (Phi) is 5.04. The number of nitrogens with two attached hydrogens (primary N) is 1. The third kappa shape index (κ3) is 4.25. The van der Waals surface area contributed by atoms with E-state index in [1.807, 2.05) is 0 Å². The Morgan fingerprint density at radius 3 is 2.87 bits per heavy atom. The van der Waals surface area contributed by atoms with E-state index in [1.165, 1.54) is 12.3 Å². The number of pyridine rings is 1. The van der Waals surface area contributed by atoms with Gasteiger partial charge in [-0.3, -0.25) is 0 Å². The first kappa shape index (κ1) is 11.9. The van der Waals surface area contributed by atoms with Crippen LogP contribution in [0.1, 0.15) is 19.8 Å². The molecule has 15 heavy (non-hydrogen) atoms. The Labute approximate surface area is 89.9 Å². The van der Waals surface area contributed by atoms with Crippen molar-refractivity contribution in [3.63, 3.8) is 0 Å². The molecule has 0 amide bonds. The van der Waals surface area contributed by atoms with Crippen molar-refractivity contribution in [3.05, 3.63) is 24.1 Å². The first-order chi connectivity index (χ1) is 7.26. The van der Waals surface area contributed by atoms with Crippen molar-refractivity contribution in [3.8, 4) is 0 Å². The van der Waals surface area contributed by atoms with Gasteiger partial charge in [-0.25, -0.2) is 9.37 Å². The van der Waals surface area contributed by atoms with Crippen molar-refractivity contribution in [1.82, 2.24) is 4.98 Å². The summed E-state index contributed by atoms with van der Waals surface area (Å²) < 4.78 is 12.6. The molecule has 1 unspecified atom stereocenters. The highest BCUT2D eigenvalue weighted by atomic mass is 19.1. The smallest absolute Gasteiger partial charge is 0.141 e. The van der Waals surface area contributed by atoms with Gasteiger partial charge in [0.25, 0.3) is 0 Å². The van der Waals surface area contributed by atoms with Crippen LogP contribution >= 0.6 is 0 Å². The SMILES string of the molecule is CCC(CCN)CNc1ccc(F)cn1. The normalized spacial score (nSPS) is 12.5. The number of aromatic nitrogens is 1. The summed E-state index contributed by atoms with van der Waals surface area (Å²) in [6.07, 6.45) is 3.31. The minimum absolute atomic E-state index is 0.311. The van der Waals surface area contributed by atoms with Gasteiger partial charge in [-0.1, -0.05) is 13.3 Å². The van der Waals surface area contributed by atoms with Gasteiger partial charge in [0, 0.05) is 6.54 Å². The largest absolute Gasteiger partial charge is 0.370 e. The summed E-state index contributed by atoms with van der Waals surface area (Å²) in [7, 11) is 0. The van der Waals surface area contributed by atoms with E-state index in [1.54, 1.807) is 6.07 Å². The predicted octanol–water partition coefficient (Wildman–Crippen LogP) is 2.01. The predicted molar refractivity (Wildman–Crippen MR) is 60.1 cm³/mol. The summed E-state index contributed by atoms with van der Waals surface area (Å²) in [6.45, 7) is 3.68. The van der Waals surface area contributed by atoms with E-state index in [4.69, 9.17) is 5.73 Å². The zero-order valence-electron chi connectivity index (χ0n) is 9.04. The first-order valence-corrected chi connectivity index (χ1v) is 5.31. The van der Waals surface area contributed by atoms with E-state index in [0.717, 1.165) is 19.4 Å². The Morgan fingerprint density at radius 1 is 1.53 bits per heavy atom. The average molecular weight is 211 g/mol. The monoisotopic (exact) mass is 211 g/mol. The van der Waals surface area contributed by atoms with Crippen molar-refractivity contribution >= 4 is 5.82 Å². The first-order valence-electron chi connectivity index (χ1n) is 5.31. The lowest BCUT2D eigenvalue weighted by molar-refractivity contribution is 0.501. The van der Waals surface area contributed by atoms with Gasteiger partial charge >= 0.3 is 0 Å². The molecule has 4 heteroatoms. The highest BCUT2D eigenvalue weighted by Crippen LogP contribution is 2.09. The maximum Gasteiger partial charge on any atom is 0.141 e. The van der Waals surface area contributed by atoms with Crippen LogP contribution < -0.4 is 11.1 Å². The van der Waals surface area contributed by atoms with Crippen LogP contribution in [0.15, 0.2) is 18.3 Å². The van der Waals surface area contributed by atoms with Gasteiger partial charge in [0.2, 0.25) is 0 Å². The molecule has 0 aliphatic rings. The lowest BCUT2D eigenvalue weighted by Gasteiger charge is -2.14. The van der Waals surface area contributed by atoms with Gasteiger partial charge in [0.05, 0.1) is 6.20 Å². The van der Waals surface area contributed by atoms with E-state index in [2.05, 4.69) is 17.2 Å². The Hall–Kier alpha value is -1.16. The lowest BCUT2D eigenvalue weighted by atomic mass is 10.0. The molecule has 0 spiro atoms. The fraction of sp³-hybridized carbons (Fsp3) is 0.545. The highest BCUT2D eigenvalue weighted by Gasteiger charge is 2.04. The molecule has 1 aromatic rings. The van der Waals surface area contributed by atoms with Crippen molar-refractivity contribution in [2.45, 2.75) is 19.8 Å². The van der Waals surface area contributed by atoms with Crippen LogP contribution in [0, 0.1) is 11.7 Å². The summed E-state index contributed by atoms with van der Waals surface area (Å²) in [5.41, 5.74) is 5.50. The topological polar surface area (TPSA) is 50.9 Å². The van der Waals surface area contributed by atoms with Crippen molar-refractivity contribution in [1.29, 1.82) is 0 Å². The molecule has 84 valence electrons. The van der Waals surface area contributed by atoms with Crippen LogP contribution in [0.3, 0.4) is 0 Å². The minimum atomic E-state index is -0.311. The van der Waals surface area contributed by atoms with Gasteiger partial charge < -0.3 is 11.1 Å². The van der Waals surface area contributed by atoms with Crippen LogP contribution in [0.5, 0.6) is 0 Å². The molecule has 3 N–H and O–H groups in total. The molecule has 1 aromatic heterocycles. The zero-order chi connectivity index (χ0) is 11.1. The molecule has 0 saturated heterocycles. The molecule has 0 radical (unpaired) electrons. The lowest BCUT2D eigenvalue weighted by Crippen LogP contribution is -2.17. The second kappa shape index (κ2) is 6.35. The van der Waals surface area contributed by atoms with E-state index < -0.39 is 0 Å². The summed E-state index contributed by atoms with van der Waals surface area (Å²) in [4.78, 5) is 3.93. The standard InChI is InChI=1S/C11H18FN3/c1-2-9(5-6-13)7-14-11-4-3-10(12)8-15-11/h3-4,8-9H,2,5-7,13H2,1H3,(H,14,15). The number of hydrogen-bond donors (Lipinski definition) is 2. The molecule has 0 aliphatic carbocycles. The fourth-order valence-corrected chi connectivity index (χ4v) is 1.42. The van der Waals surface area contributed by atoms with Gasteiger partial charge in [0.15, 0.2) is 0 Å². The van der Waals surface area contributed by atoms with Gasteiger partial charge in [-0.2, -0.15) is 0 Å². The van der Waals surface area contributed by atoms with Crippen molar-refractivity contribution in [2.24, 2.45) is 11.7 Å². The molecule has 0 saturated carbocycles. The number of halogens is 1. The summed E-state index contributed by atoms with van der Waals surface area (Å²) in [5, 5.41) is 3.17. The maximum absolute atomic E-state index is 12.6. The molecule has 1 heterocycles. The molecule has 1 atom stereocenters. The Balaban J connectivity index is 2.38. The van der Waals surface area contributed by atoms with Gasteiger partial charge in [0.1, 0.15) is 11.6 Å². The van der Waals surface area contributed by atoms with E-state index in [0.29, 0.717) is 18.3 Å². The third-order valence-electron chi connectivity index (χ3n) is 2.45. The molecular weight excluding hydrogens is 193 g/mol. The van der Waals surface area contributed by atoms with Crippen LogP contribution in [0.25, 0.3) is 0 Å². The highest BCUT2D eigenvalue weighted by molar-refractivity contribution is 5.33. The Morgan fingerprint density at radius 2 is 2.33 bits per heavy atom. The van der Waals surface area contributed by atoms with Crippen LogP contribution in [0.2, 0.25) is 0 Å². The molecule has 1 rings (SSSR count). The summed E-state index contributed by atoms with van der Waals surface area (Å²) in [5.74, 6) is 0.961. The second-order valence-electron chi connectivity index (χ2n) is 3.59. The van der Waals surface area contributed by atoms with Crippen LogP contribution in [0.4, 0.5) is 10.2 Å². The van der Waals surface area contributed by atoms with Gasteiger partial charge in [-0.15, -0.1) is 0 Å². The summed E-state index contributed by atoms with van der Waals surface area (Å²) >= 11 is 0. The Bertz CT molecular complexity index is 274. The van der Waals surface area contributed by atoms with Crippen LogP contribution in [-0.4, -0.2) is 18.1 Å². The number of nitrogens with zero attached hydrogens (tertiary/aromatic N) is 1. The molecule has 0 fully saturated rings. The van der Waals surface area contributed by atoms with E-state index in [-0.39, 0.29) is 5.82 Å². The van der Waals surface area contributed by atoms with Gasteiger partial charge in [-0.05, 0) is 31.0 Å². The maximum atomic E-state index is 12.6. The molecule has 3 nitrogen and oxygen atoms in total. The molecule has 0 aliphatic heterocycles. The second-order valence-corrected chi connectivity index (χ2v) is 3.59. The van der Waals surface area contributed by atoms with Crippen molar-refractivity contribution < 1.29 is 4.39 Å². The number of anilines is 1. The third-order valence-corrected chi connectivity index (χ3v) is 2.45. The van der Waals surface area contributed by atoms with Crippen LogP contribution in [-0.2, 0) is 0 Å². The average Bonchev–Trinajstić information content (AvgIpc) is 2.26.